The molecule has 0 spiro atoms. The minimum Gasteiger partial charge on any atom is -0.508 e. The number of aromatic carboxylic acids is 1. The summed E-state index contributed by atoms with van der Waals surface area (Å²) >= 11 is 0. The van der Waals surface area contributed by atoms with Gasteiger partial charge in [0.2, 0.25) is 0 Å². The Morgan fingerprint density at radius 1 is 1.47 bits per heavy atom. The van der Waals surface area contributed by atoms with Crippen molar-refractivity contribution in [3.05, 3.63) is 28.8 Å². The van der Waals surface area contributed by atoms with E-state index in [0.29, 0.717) is 6.07 Å². The summed E-state index contributed by atoms with van der Waals surface area (Å²) in [5.74, 6) is -2.15. The normalized spacial score (nSPS) is 10.0. The van der Waals surface area contributed by atoms with Crippen molar-refractivity contribution in [2.75, 3.05) is 0 Å². The van der Waals surface area contributed by atoms with Gasteiger partial charge < -0.3 is 10.2 Å². The number of carboxylic acids is 1. The number of nitrogens with zero attached hydrogens (tertiary/aromatic N) is 1. The minimum atomic E-state index is -3.01. The Labute approximate surface area is 83.0 Å². The number of aromatic hydroxyl groups is 1. The molecular formula is C9H5F2NO3. The molecule has 0 unspecified atom stereocenters. The Bertz CT molecular complexity index is 451. The molecule has 15 heavy (non-hydrogen) atoms. The van der Waals surface area contributed by atoms with Crippen molar-refractivity contribution in [1.29, 1.82) is 5.26 Å². The van der Waals surface area contributed by atoms with Crippen LogP contribution in [0.25, 0.3) is 0 Å². The highest BCUT2D eigenvalue weighted by atomic mass is 19.3. The SMILES string of the molecule is N#Cc1c(C(=O)O)cc(O)cc1C(F)F. The molecule has 1 aromatic carbocycles. The van der Waals surface area contributed by atoms with Crippen molar-refractivity contribution in [3.63, 3.8) is 0 Å². The minimum absolute atomic E-state index is 0.610. The number of phenolic OH excluding ortho intramolecular Hbond substituents is 1. The van der Waals surface area contributed by atoms with Crippen molar-refractivity contribution in [3.8, 4) is 11.8 Å². The van der Waals surface area contributed by atoms with Crippen LogP contribution >= 0.6 is 0 Å². The topological polar surface area (TPSA) is 81.3 Å². The zero-order chi connectivity index (χ0) is 11.6. The maximum atomic E-state index is 12.4. The first-order chi connectivity index (χ1) is 6.97. The Morgan fingerprint density at radius 2 is 2.07 bits per heavy atom. The maximum Gasteiger partial charge on any atom is 0.337 e. The number of nitriles is 1. The number of carboxylic acid groups (broad SMARTS) is 1. The van der Waals surface area contributed by atoms with Crippen molar-refractivity contribution < 1.29 is 23.8 Å². The summed E-state index contributed by atoms with van der Waals surface area (Å²) in [4.78, 5) is 10.6. The van der Waals surface area contributed by atoms with Gasteiger partial charge in [0.05, 0.1) is 11.1 Å². The number of hydrogen-bond acceptors (Lipinski definition) is 3. The van der Waals surface area contributed by atoms with Crippen LogP contribution in [0.2, 0.25) is 0 Å². The van der Waals surface area contributed by atoms with Crippen LogP contribution in [0.5, 0.6) is 5.75 Å². The molecule has 78 valence electrons. The summed E-state index contributed by atoms with van der Waals surface area (Å²) in [6.45, 7) is 0. The summed E-state index contributed by atoms with van der Waals surface area (Å²) in [5, 5.41) is 26.2. The molecule has 0 aliphatic rings. The van der Waals surface area contributed by atoms with Crippen LogP contribution in [0.4, 0.5) is 8.78 Å². The Kier molecular flexibility index (Phi) is 2.85. The molecule has 0 amide bonds. The van der Waals surface area contributed by atoms with Crippen molar-refractivity contribution in [2.24, 2.45) is 0 Å². The molecular weight excluding hydrogens is 208 g/mol. The van der Waals surface area contributed by atoms with Gasteiger partial charge in [0.25, 0.3) is 6.43 Å². The highest BCUT2D eigenvalue weighted by molar-refractivity contribution is 5.91. The average Bonchev–Trinajstić information content (AvgIpc) is 2.16. The zero-order valence-electron chi connectivity index (χ0n) is 7.24. The van der Waals surface area contributed by atoms with Crippen LogP contribution in [0.15, 0.2) is 12.1 Å². The molecule has 0 saturated heterocycles. The van der Waals surface area contributed by atoms with Gasteiger partial charge in [-0.2, -0.15) is 5.26 Å². The Balaban J connectivity index is 3.54. The van der Waals surface area contributed by atoms with Gasteiger partial charge in [0, 0.05) is 5.56 Å². The summed E-state index contributed by atoms with van der Waals surface area (Å²) in [7, 11) is 0. The highest BCUT2D eigenvalue weighted by Crippen LogP contribution is 2.29. The Morgan fingerprint density at radius 3 is 2.47 bits per heavy atom. The van der Waals surface area contributed by atoms with Crippen LogP contribution in [0.1, 0.15) is 27.9 Å². The van der Waals surface area contributed by atoms with E-state index in [1.807, 2.05) is 0 Å². The summed E-state index contributed by atoms with van der Waals surface area (Å²) in [5.41, 5.74) is -2.04. The lowest BCUT2D eigenvalue weighted by atomic mass is 10.0. The van der Waals surface area contributed by atoms with Gasteiger partial charge in [-0.3, -0.25) is 0 Å². The number of alkyl halides is 2. The van der Waals surface area contributed by atoms with E-state index in [1.165, 1.54) is 6.07 Å². The van der Waals surface area contributed by atoms with E-state index >= 15 is 0 Å². The number of phenols is 1. The molecule has 0 aromatic heterocycles. The lowest BCUT2D eigenvalue weighted by Crippen LogP contribution is -2.03. The second kappa shape index (κ2) is 3.92. The fraction of sp³-hybridized carbons (Fsp3) is 0.111. The van der Waals surface area contributed by atoms with E-state index in [1.54, 1.807) is 0 Å². The smallest absolute Gasteiger partial charge is 0.337 e. The number of carbonyl (C=O) groups is 1. The van der Waals surface area contributed by atoms with E-state index in [9.17, 15) is 13.6 Å². The third-order valence-electron chi connectivity index (χ3n) is 1.73. The molecule has 0 atom stereocenters. The second-order valence-corrected chi connectivity index (χ2v) is 2.68. The van der Waals surface area contributed by atoms with Crippen LogP contribution in [0, 0.1) is 11.3 Å². The number of rotatable bonds is 2. The van der Waals surface area contributed by atoms with E-state index in [-0.39, 0.29) is 0 Å². The van der Waals surface area contributed by atoms with Crippen molar-refractivity contribution >= 4 is 5.97 Å². The van der Waals surface area contributed by atoms with Crippen LogP contribution in [-0.4, -0.2) is 16.2 Å². The highest BCUT2D eigenvalue weighted by Gasteiger charge is 2.21. The Hall–Kier alpha value is -2.16. The van der Waals surface area contributed by atoms with Gasteiger partial charge in [-0.05, 0) is 12.1 Å². The molecule has 4 nitrogen and oxygen atoms in total. The van der Waals surface area contributed by atoms with Gasteiger partial charge in [0.15, 0.2) is 0 Å². The predicted octanol–water partition coefficient (Wildman–Crippen LogP) is 1.90. The van der Waals surface area contributed by atoms with Crippen LogP contribution in [-0.2, 0) is 0 Å². The lowest BCUT2D eigenvalue weighted by Gasteiger charge is -2.06. The monoisotopic (exact) mass is 213 g/mol. The van der Waals surface area contributed by atoms with Gasteiger partial charge in [-0.25, -0.2) is 13.6 Å². The number of hydrogen-bond donors (Lipinski definition) is 2. The quantitative estimate of drug-likeness (QED) is 0.785. The van der Waals surface area contributed by atoms with E-state index in [0.717, 1.165) is 6.07 Å². The molecule has 0 aliphatic carbocycles. The molecule has 0 heterocycles. The molecule has 0 fully saturated rings. The molecule has 6 heteroatoms. The zero-order valence-corrected chi connectivity index (χ0v) is 7.24. The second-order valence-electron chi connectivity index (χ2n) is 2.68. The van der Waals surface area contributed by atoms with E-state index in [2.05, 4.69) is 0 Å². The van der Waals surface area contributed by atoms with Crippen LogP contribution < -0.4 is 0 Å². The average molecular weight is 213 g/mol. The van der Waals surface area contributed by atoms with E-state index < -0.39 is 34.8 Å². The van der Waals surface area contributed by atoms with Crippen molar-refractivity contribution in [1.82, 2.24) is 0 Å². The molecule has 0 radical (unpaired) electrons. The first-order valence-corrected chi connectivity index (χ1v) is 3.75. The molecule has 1 rings (SSSR count). The fourth-order valence-electron chi connectivity index (χ4n) is 1.11. The molecule has 0 bridgehead atoms. The maximum absolute atomic E-state index is 12.4. The number of halogens is 2. The van der Waals surface area contributed by atoms with Gasteiger partial charge >= 0.3 is 5.97 Å². The lowest BCUT2D eigenvalue weighted by molar-refractivity contribution is 0.0695. The molecule has 0 aliphatic heterocycles. The van der Waals surface area contributed by atoms with Gasteiger partial charge in [-0.15, -0.1) is 0 Å². The van der Waals surface area contributed by atoms with Gasteiger partial charge in [0.1, 0.15) is 11.8 Å². The fourth-order valence-corrected chi connectivity index (χ4v) is 1.11. The summed E-state index contributed by atoms with van der Waals surface area (Å²) in [6, 6.07) is 2.82. The largest absolute Gasteiger partial charge is 0.508 e. The standard InChI is InChI=1S/C9H5F2NO3/c10-8(11)5-1-4(13)2-6(9(14)15)7(5)3-12/h1-2,8,13H,(H,14,15). The summed E-state index contributed by atoms with van der Waals surface area (Å²) < 4.78 is 24.8. The summed E-state index contributed by atoms with van der Waals surface area (Å²) in [6.07, 6.45) is -3.01. The number of benzene rings is 1. The molecule has 0 saturated carbocycles. The third kappa shape index (κ3) is 2.02. The van der Waals surface area contributed by atoms with E-state index in [4.69, 9.17) is 15.5 Å². The van der Waals surface area contributed by atoms with Crippen LogP contribution in [0.3, 0.4) is 0 Å². The first-order valence-electron chi connectivity index (χ1n) is 3.75. The van der Waals surface area contributed by atoms with Gasteiger partial charge in [-0.1, -0.05) is 0 Å². The predicted molar refractivity (Wildman–Crippen MR) is 44.7 cm³/mol. The molecule has 2 N–H and O–H groups in total. The molecule has 1 aromatic rings. The third-order valence-corrected chi connectivity index (χ3v) is 1.73. The van der Waals surface area contributed by atoms with Crippen molar-refractivity contribution in [2.45, 2.75) is 6.43 Å². The first kappa shape index (κ1) is 10.9.